The summed E-state index contributed by atoms with van der Waals surface area (Å²) in [4.78, 5) is 0. The van der Waals surface area contributed by atoms with Crippen LogP contribution < -0.4 is 5.73 Å². The van der Waals surface area contributed by atoms with E-state index in [0.717, 1.165) is 6.42 Å². The van der Waals surface area contributed by atoms with Crippen molar-refractivity contribution >= 4 is 9.84 Å². The predicted octanol–water partition coefficient (Wildman–Crippen LogP) is 2.52. The highest BCUT2D eigenvalue weighted by Crippen LogP contribution is 2.17. The molecule has 0 aromatic heterocycles. The lowest BCUT2D eigenvalue weighted by Crippen LogP contribution is -2.23. The van der Waals surface area contributed by atoms with E-state index in [0.29, 0.717) is 19.4 Å². The Labute approximate surface area is 106 Å². The zero-order valence-electron chi connectivity index (χ0n) is 11.6. The molecule has 17 heavy (non-hydrogen) atoms. The largest absolute Gasteiger partial charge is 0.330 e. The summed E-state index contributed by atoms with van der Waals surface area (Å²) in [6, 6.07) is 0. The molecule has 0 spiro atoms. The van der Waals surface area contributed by atoms with Crippen molar-refractivity contribution < 1.29 is 8.42 Å². The fourth-order valence-corrected chi connectivity index (χ4v) is 3.33. The van der Waals surface area contributed by atoms with Gasteiger partial charge in [-0.25, -0.2) is 8.42 Å². The Hall–Kier alpha value is -0.350. The molecule has 0 saturated carbocycles. The van der Waals surface area contributed by atoms with Gasteiger partial charge in [0.05, 0.1) is 11.0 Å². The van der Waals surface area contributed by atoms with Gasteiger partial charge in [0.2, 0.25) is 0 Å². The van der Waals surface area contributed by atoms with Gasteiger partial charge in [0, 0.05) is 0 Å². The van der Waals surface area contributed by atoms with Gasteiger partial charge < -0.3 is 5.73 Å². The fraction of sp³-hybridized carbons (Fsp3) is 0.846. The van der Waals surface area contributed by atoms with Crippen LogP contribution in [0.4, 0.5) is 0 Å². The molecule has 1 unspecified atom stereocenters. The topological polar surface area (TPSA) is 60.2 Å². The summed E-state index contributed by atoms with van der Waals surface area (Å²) in [6.07, 6.45) is 5.87. The van der Waals surface area contributed by atoms with Crippen LogP contribution in [0, 0.1) is 5.41 Å². The first kappa shape index (κ1) is 16.6. The molecule has 0 saturated heterocycles. The van der Waals surface area contributed by atoms with E-state index in [9.17, 15) is 8.42 Å². The van der Waals surface area contributed by atoms with Crippen molar-refractivity contribution in [2.45, 2.75) is 52.2 Å². The maximum absolute atomic E-state index is 12.1. The quantitative estimate of drug-likeness (QED) is 0.716. The molecule has 0 rings (SSSR count). The van der Waals surface area contributed by atoms with Gasteiger partial charge in [0.15, 0.2) is 9.84 Å². The summed E-state index contributed by atoms with van der Waals surface area (Å²) >= 11 is 0. The van der Waals surface area contributed by atoms with E-state index in [4.69, 9.17) is 5.73 Å². The van der Waals surface area contributed by atoms with Crippen molar-refractivity contribution in [3.63, 3.8) is 0 Å². The number of sulfone groups is 1. The van der Waals surface area contributed by atoms with Crippen molar-refractivity contribution in [1.29, 1.82) is 0 Å². The number of hydrogen-bond acceptors (Lipinski definition) is 3. The first-order valence-electron chi connectivity index (χ1n) is 6.32. The van der Waals surface area contributed by atoms with Crippen molar-refractivity contribution in [2.75, 3.05) is 12.3 Å². The first-order valence-corrected chi connectivity index (χ1v) is 8.04. The lowest BCUT2D eigenvalue weighted by Gasteiger charge is -2.15. The van der Waals surface area contributed by atoms with Crippen molar-refractivity contribution in [2.24, 2.45) is 11.1 Å². The molecule has 0 aromatic rings. The number of hydrogen-bond donors (Lipinski definition) is 1. The molecule has 0 amide bonds. The SMILES string of the molecule is CCC(CCCN)S(=O)(=O)CC=CC(C)(C)C. The Morgan fingerprint density at radius 1 is 1.29 bits per heavy atom. The van der Waals surface area contributed by atoms with Crippen LogP contribution in [0.15, 0.2) is 12.2 Å². The van der Waals surface area contributed by atoms with E-state index < -0.39 is 9.84 Å². The molecule has 0 radical (unpaired) electrons. The van der Waals surface area contributed by atoms with E-state index in [2.05, 4.69) is 20.8 Å². The van der Waals surface area contributed by atoms with Gasteiger partial charge in [0.25, 0.3) is 0 Å². The highest BCUT2D eigenvalue weighted by Gasteiger charge is 2.21. The number of nitrogens with two attached hydrogens (primary N) is 1. The van der Waals surface area contributed by atoms with E-state index in [1.54, 1.807) is 6.08 Å². The molecular formula is C13H27NO2S. The van der Waals surface area contributed by atoms with Crippen LogP contribution >= 0.6 is 0 Å². The molecule has 102 valence electrons. The molecular weight excluding hydrogens is 234 g/mol. The molecule has 3 nitrogen and oxygen atoms in total. The molecule has 1 atom stereocenters. The average Bonchev–Trinajstić information content (AvgIpc) is 2.16. The molecule has 0 aliphatic heterocycles. The van der Waals surface area contributed by atoms with Crippen LogP contribution in [0.5, 0.6) is 0 Å². The van der Waals surface area contributed by atoms with Crippen LogP contribution in [0.1, 0.15) is 47.0 Å². The lowest BCUT2D eigenvalue weighted by atomic mass is 9.97. The second kappa shape index (κ2) is 7.17. The molecule has 0 bridgehead atoms. The minimum Gasteiger partial charge on any atom is -0.330 e. The fourth-order valence-electron chi connectivity index (χ4n) is 1.66. The second-order valence-corrected chi connectivity index (χ2v) is 7.88. The molecule has 0 aromatic carbocycles. The Morgan fingerprint density at radius 2 is 1.88 bits per heavy atom. The summed E-state index contributed by atoms with van der Waals surface area (Å²) in [7, 11) is -3.01. The summed E-state index contributed by atoms with van der Waals surface area (Å²) < 4.78 is 24.1. The van der Waals surface area contributed by atoms with Crippen LogP contribution in [0.2, 0.25) is 0 Å². The van der Waals surface area contributed by atoms with Gasteiger partial charge in [-0.3, -0.25) is 0 Å². The third-order valence-corrected chi connectivity index (χ3v) is 4.88. The van der Waals surface area contributed by atoms with E-state index in [1.165, 1.54) is 0 Å². The lowest BCUT2D eigenvalue weighted by molar-refractivity contribution is 0.542. The number of rotatable bonds is 7. The molecule has 4 heteroatoms. The zero-order chi connectivity index (χ0) is 13.5. The Balaban J connectivity index is 4.49. The summed E-state index contributed by atoms with van der Waals surface area (Å²) in [5, 5.41) is -0.240. The molecule has 0 aliphatic carbocycles. The molecule has 0 heterocycles. The Kier molecular flexibility index (Phi) is 7.02. The van der Waals surface area contributed by atoms with E-state index >= 15 is 0 Å². The third kappa shape index (κ3) is 7.55. The molecule has 2 N–H and O–H groups in total. The molecule has 0 fully saturated rings. The van der Waals surface area contributed by atoms with Crippen LogP contribution in [0.3, 0.4) is 0 Å². The maximum Gasteiger partial charge on any atom is 0.156 e. The smallest absolute Gasteiger partial charge is 0.156 e. The minimum atomic E-state index is -3.01. The van der Waals surface area contributed by atoms with Gasteiger partial charge in [-0.1, -0.05) is 39.8 Å². The second-order valence-electron chi connectivity index (χ2n) is 5.56. The normalized spacial score (nSPS) is 15.4. The van der Waals surface area contributed by atoms with Crippen LogP contribution in [-0.4, -0.2) is 26.0 Å². The maximum atomic E-state index is 12.1. The number of allylic oxidation sites excluding steroid dienone is 1. The van der Waals surface area contributed by atoms with Gasteiger partial charge in [-0.15, -0.1) is 0 Å². The minimum absolute atomic E-state index is 0.0362. The van der Waals surface area contributed by atoms with E-state index in [-0.39, 0.29) is 16.4 Å². The van der Waals surface area contributed by atoms with Crippen molar-refractivity contribution in [3.05, 3.63) is 12.2 Å². The van der Waals surface area contributed by atoms with Crippen LogP contribution in [0.25, 0.3) is 0 Å². The van der Waals surface area contributed by atoms with Gasteiger partial charge in [-0.05, 0) is 31.2 Å². The highest BCUT2D eigenvalue weighted by molar-refractivity contribution is 7.92. The monoisotopic (exact) mass is 261 g/mol. The summed E-state index contributed by atoms with van der Waals surface area (Å²) in [6.45, 7) is 8.65. The Bertz CT molecular complexity index is 326. The summed E-state index contributed by atoms with van der Waals surface area (Å²) in [5.74, 6) is 0.146. The summed E-state index contributed by atoms with van der Waals surface area (Å²) in [5.41, 5.74) is 5.46. The molecule has 0 aliphatic rings. The first-order chi connectivity index (χ1) is 7.73. The highest BCUT2D eigenvalue weighted by atomic mass is 32.2. The van der Waals surface area contributed by atoms with Gasteiger partial charge >= 0.3 is 0 Å². The van der Waals surface area contributed by atoms with Gasteiger partial charge in [0.1, 0.15) is 0 Å². The standard InChI is InChI=1S/C13H27NO2S/c1-5-12(8-6-10-14)17(15,16)11-7-9-13(2,3)4/h7,9,12H,5-6,8,10-11,14H2,1-4H3. The zero-order valence-corrected chi connectivity index (χ0v) is 12.4. The van der Waals surface area contributed by atoms with E-state index in [1.807, 2.05) is 13.0 Å². The Morgan fingerprint density at radius 3 is 2.29 bits per heavy atom. The van der Waals surface area contributed by atoms with Crippen molar-refractivity contribution in [3.8, 4) is 0 Å². The van der Waals surface area contributed by atoms with Gasteiger partial charge in [-0.2, -0.15) is 0 Å². The third-order valence-electron chi connectivity index (χ3n) is 2.64. The van der Waals surface area contributed by atoms with Crippen molar-refractivity contribution in [1.82, 2.24) is 0 Å². The predicted molar refractivity (Wildman–Crippen MR) is 74.7 cm³/mol. The average molecular weight is 261 g/mol. The van der Waals surface area contributed by atoms with Crippen LogP contribution in [-0.2, 0) is 9.84 Å².